The van der Waals surface area contributed by atoms with E-state index in [2.05, 4.69) is 5.32 Å². The van der Waals surface area contributed by atoms with Crippen LogP contribution in [0.5, 0.6) is 11.5 Å². The average Bonchev–Trinajstić information content (AvgIpc) is 3.28. The Hall–Kier alpha value is -3.75. The van der Waals surface area contributed by atoms with Crippen LogP contribution in [-0.4, -0.2) is 60.7 Å². The number of hydrogen-bond donors (Lipinski definition) is 1. The van der Waals surface area contributed by atoms with E-state index < -0.39 is 17.7 Å². The minimum atomic E-state index is -0.874. The summed E-state index contributed by atoms with van der Waals surface area (Å²) in [6.07, 6.45) is 0.990. The Morgan fingerprint density at radius 1 is 1.14 bits per heavy atom. The Balaban J connectivity index is 1.68. The summed E-state index contributed by atoms with van der Waals surface area (Å²) in [5.74, 6) is 0.347. The molecule has 2 aliphatic rings. The van der Waals surface area contributed by atoms with Gasteiger partial charge in [-0.2, -0.15) is 0 Å². The maximum Gasteiger partial charge on any atom is 0.408 e. The Morgan fingerprint density at radius 3 is 2.54 bits per heavy atom. The maximum atomic E-state index is 13.7. The van der Waals surface area contributed by atoms with Gasteiger partial charge in [-0.15, -0.1) is 0 Å². The smallest absolute Gasteiger partial charge is 0.408 e. The number of fused-ring (bicyclic) bond motifs is 2. The van der Waals surface area contributed by atoms with Crippen LogP contribution in [0.25, 0.3) is 0 Å². The van der Waals surface area contributed by atoms with Gasteiger partial charge in [-0.05, 0) is 52.2 Å². The zero-order valence-corrected chi connectivity index (χ0v) is 22.1. The first-order chi connectivity index (χ1) is 17.6. The molecule has 1 saturated heterocycles. The van der Waals surface area contributed by atoms with E-state index in [-0.39, 0.29) is 17.9 Å². The lowest BCUT2D eigenvalue weighted by Gasteiger charge is -2.29. The van der Waals surface area contributed by atoms with Crippen molar-refractivity contribution < 1.29 is 28.6 Å². The number of benzene rings is 2. The number of alkyl carbamates (subject to hydrolysis) is 1. The molecule has 2 aliphatic heterocycles. The monoisotopic (exact) mass is 509 g/mol. The molecule has 0 unspecified atom stereocenters. The molecule has 1 fully saturated rings. The Labute approximate surface area is 217 Å². The van der Waals surface area contributed by atoms with Crippen molar-refractivity contribution in [3.63, 3.8) is 0 Å². The number of hydrogen-bond acceptors (Lipinski definition) is 6. The number of carbonyl (C=O) groups is 3. The van der Waals surface area contributed by atoms with Gasteiger partial charge in [0, 0.05) is 19.2 Å². The molecule has 2 atom stereocenters. The Bertz CT molecular complexity index is 1160. The van der Waals surface area contributed by atoms with Crippen LogP contribution in [0.3, 0.4) is 0 Å². The molecule has 9 nitrogen and oxygen atoms in total. The molecule has 0 saturated carbocycles. The number of ether oxygens (including phenoxy) is 3. The van der Waals surface area contributed by atoms with Crippen LogP contribution in [0.1, 0.15) is 56.5 Å². The Morgan fingerprint density at radius 2 is 1.86 bits per heavy atom. The first-order valence-electron chi connectivity index (χ1n) is 12.6. The van der Waals surface area contributed by atoms with E-state index in [4.69, 9.17) is 14.2 Å². The molecule has 3 amide bonds. The SMILES string of the molecule is COc1cc2c(cc1OCc1ccccc1)N(C(=O)[C@H](C)NC(=O)OC(C)(C)C)C[C@@H]1CCCN1C2=O. The molecular formula is C28H35N3O6. The molecule has 9 heteroatoms. The minimum Gasteiger partial charge on any atom is -0.493 e. The highest BCUT2D eigenvalue weighted by atomic mass is 16.6. The summed E-state index contributed by atoms with van der Waals surface area (Å²) in [6.45, 7) is 8.14. The summed E-state index contributed by atoms with van der Waals surface area (Å²) in [5, 5.41) is 2.63. The first-order valence-corrected chi connectivity index (χ1v) is 12.6. The standard InChI is InChI=1S/C28H35N3O6/c1-18(29-27(34)37-28(2,3)4)25(32)31-16-20-12-9-13-30(20)26(33)21-14-23(35-5)24(15-22(21)31)36-17-19-10-7-6-8-11-19/h6-8,10-11,14-15,18,20H,9,12-13,16-17H2,1-5H3,(H,29,34)/t18-,20-/m0/s1. The van der Waals surface area contributed by atoms with Crippen molar-refractivity contribution in [2.24, 2.45) is 0 Å². The molecule has 4 rings (SSSR count). The summed E-state index contributed by atoms with van der Waals surface area (Å²) >= 11 is 0. The fraction of sp³-hybridized carbons (Fsp3) is 0.464. The molecule has 2 aromatic carbocycles. The third-order valence-corrected chi connectivity index (χ3v) is 6.44. The topological polar surface area (TPSA) is 97.4 Å². The maximum absolute atomic E-state index is 13.7. The van der Waals surface area contributed by atoms with Gasteiger partial charge in [-0.3, -0.25) is 9.59 Å². The first kappa shape index (κ1) is 26.3. The summed E-state index contributed by atoms with van der Waals surface area (Å²) in [5.41, 5.74) is 1.08. The summed E-state index contributed by atoms with van der Waals surface area (Å²) < 4.78 is 17.0. The number of rotatable bonds is 6. The van der Waals surface area contributed by atoms with Crippen LogP contribution in [0.4, 0.5) is 10.5 Å². The number of carbonyl (C=O) groups excluding carboxylic acids is 3. The molecule has 2 heterocycles. The lowest BCUT2D eigenvalue weighted by molar-refractivity contribution is -0.120. The third-order valence-electron chi connectivity index (χ3n) is 6.44. The van der Waals surface area contributed by atoms with Crippen molar-refractivity contribution in [1.82, 2.24) is 10.2 Å². The van der Waals surface area contributed by atoms with Crippen LogP contribution in [0.15, 0.2) is 42.5 Å². The molecule has 0 aromatic heterocycles. The van der Waals surface area contributed by atoms with E-state index in [1.807, 2.05) is 35.2 Å². The van der Waals surface area contributed by atoms with Crippen LogP contribution < -0.4 is 19.7 Å². The lowest BCUT2D eigenvalue weighted by atomic mass is 10.1. The van der Waals surface area contributed by atoms with E-state index >= 15 is 0 Å². The van der Waals surface area contributed by atoms with Gasteiger partial charge in [0.25, 0.3) is 5.91 Å². The van der Waals surface area contributed by atoms with Gasteiger partial charge in [0.05, 0.1) is 24.4 Å². The van der Waals surface area contributed by atoms with Gasteiger partial charge in [0.15, 0.2) is 11.5 Å². The second kappa shape index (κ2) is 10.7. The van der Waals surface area contributed by atoms with Crippen molar-refractivity contribution >= 4 is 23.6 Å². The second-order valence-electron chi connectivity index (χ2n) is 10.4. The lowest BCUT2D eigenvalue weighted by Crippen LogP contribution is -2.50. The highest BCUT2D eigenvalue weighted by Gasteiger charge is 2.40. The quantitative estimate of drug-likeness (QED) is 0.629. The summed E-state index contributed by atoms with van der Waals surface area (Å²) in [7, 11) is 1.52. The largest absolute Gasteiger partial charge is 0.493 e. The van der Waals surface area contributed by atoms with E-state index in [0.29, 0.717) is 42.4 Å². The van der Waals surface area contributed by atoms with Crippen molar-refractivity contribution in [2.75, 3.05) is 25.1 Å². The van der Waals surface area contributed by atoms with E-state index in [0.717, 1.165) is 18.4 Å². The van der Waals surface area contributed by atoms with Gasteiger partial charge in [-0.1, -0.05) is 30.3 Å². The van der Waals surface area contributed by atoms with E-state index in [1.54, 1.807) is 44.7 Å². The van der Waals surface area contributed by atoms with Gasteiger partial charge in [0.1, 0.15) is 18.2 Å². The van der Waals surface area contributed by atoms with Crippen LogP contribution >= 0.6 is 0 Å². The number of nitrogens with zero attached hydrogens (tertiary/aromatic N) is 2. The number of anilines is 1. The fourth-order valence-corrected chi connectivity index (χ4v) is 4.70. The molecule has 198 valence electrons. The highest BCUT2D eigenvalue weighted by Crippen LogP contribution is 2.40. The fourth-order valence-electron chi connectivity index (χ4n) is 4.70. The van der Waals surface area contributed by atoms with Crippen molar-refractivity contribution in [3.05, 3.63) is 53.6 Å². The van der Waals surface area contributed by atoms with Crippen molar-refractivity contribution in [3.8, 4) is 11.5 Å². The average molecular weight is 510 g/mol. The van der Waals surface area contributed by atoms with Crippen molar-refractivity contribution in [1.29, 1.82) is 0 Å². The molecule has 0 aliphatic carbocycles. The van der Waals surface area contributed by atoms with Gasteiger partial charge < -0.3 is 29.3 Å². The zero-order chi connectivity index (χ0) is 26.7. The number of amides is 3. The predicted molar refractivity (Wildman–Crippen MR) is 139 cm³/mol. The van der Waals surface area contributed by atoms with Crippen molar-refractivity contribution in [2.45, 2.75) is 64.8 Å². The molecular weight excluding hydrogens is 474 g/mol. The predicted octanol–water partition coefficient (Wildman–Crippen LogP) is 4.14. The van der Waals surface area contributed by atoms with Crippen LogP contribution in [-0.2, 0) is 16.1 Å². The molecule has 37 heavy (non-hydrogen) atoms. The zero-order valence-electron chi connectivity index (χ0n) is 22.1. The third kappa shape index (κ3) is 5.98. The Kier molecular flexibility index (Phi) is 7.61. The van der Waals surface area contributed by atoms with E-state index in [9.17, 15) is 14.4 Å². The number of nitrogens with one attached hydrogen (secondary N) is 1. The molecule has 0 spiro atoms. The normalized spacial score (nSPS) is 17.9. The molecule has 1 N–H and O–H groups in total. The molecule has 0 radical (unpaired) electrons. The van der Waals surface area contributed by atoms with Gasteiger partial charge in [0.2, 0.25) is 5.91 Å². The molecule has 2 aromatic rings. The highest BCUT2D eigenvalue weighted by molar-refractivity contribution is 6.08. The van der Waals surface area contributed by atoms with Gasteiger partial charge in [-0.25, -0.2) is 4.79 Å². The second-order valence-corrected chi connectivity index (χ2v) is 10.4. The summed E-state index contributed by atoms with van der Waals surface area (Å²) in [4.78, 5) is 43.0. The van der Waals surface area contributed by atoms with Gasteiger partial charge >= 0.3 is 6.09 Å². The van der Waals surface area contributed by atoms with E-state index in [1.165, 1.54) is 7.11 Å². The number of methoxy groups -OCH3 is 1. The van der Waals surface area contributed by atoms with Crippen LogP contribution in [0.2, 0.25) is 0 Å². The molecule has 0 bridgehead atoms. The summed E-state index contributed by atoms with van der Waals surface area (Å²) in [6, 6.07) is 12.0. The minimum absolute atomic E-state index is 0.114. The van der Waals surface area contributed by atoms with Crippen LogP contribution in [0, 0.1) is 0 Å².